The Morgan fingerprint density at radius 2 is 1.83 bits per heavy atom. The molecule has 0 radical (unpaired) electrons. The van der Waals surface area contributed by atoms with Crippen LogP contribution in [0.25, 0.3) is 0 Å². The maximum atomic E-state index is 10.2. The van der Waals surface area contributed by atoms with E-state index in [1.54, 1.807) is 7.11 Å². The largest absolute Gasteiger partial charge is 0.508 e. The SMILES string of the molecule is CCCc1cc(OC)ccc1C(C)Cc1c(C)ccc(O)c1CC. The first-order valence-corrected chi connectivity index (χ1v) is 8.98. The Morgan fingerprint density at radius 3 is 2.46 bits per heavy atom. The lowest BCUT2D eigenvalue weighted by molar-refractivity contribution is 0.414. The fraction of sp³-hybridized carbons (Fsp3) is 0.455. The summed E-state index contributed by atoms with van der Waals surface area (Å²) < 4.78 is 5.39. The van der Waals surface area contributed by atoms with Crippen molar-refractivity contribution in [1.29, 1.82) is 0 Å². The molecule has 2 aromatic carbocycles. The molecule has 0 saturated carbocycles. The molecule has 0 aromatic heterocycles. The molecule has 0 aliphatic rings. The summed E-state index contributed by atoms with van der Waals surface area (Å²) in [5.74, 6) is 1.76. The molecular formula is C22H30O2. The van der Waals surface area contributed by atoms with E-state index in [9.17, 15) is 5.11 Å². The molecule has 24 heavy (non-hydrogen) atoms. The quantitative estimate of drug-likeness (QED) is 0.720. The van der Waals surface area contributed by atoms with Crippen molar-refractivity contribution in [2.24, 2.45) is 0 Å². The van der Waals surface area contributed by atoms with Crippen LogP contribution in [0.2, 0.25) is 0 Å². The van der Waals surface area contributed by atoms with Gasteiger partial charge in [0.1, 0.15) is 11.5 Å². The summed E-state index contributed by atoms with van der Waals surface area (Å²) in [6, 6.07) is 10.3. The molecule has 0 fully saturated rings. The minimum atomic E-state index is 0.406. The van der Waals surface area contributed by atoms with Crippen molar-refractivity contribution in [3.8, 4) is 11.5 Å². The van der Waals surface area contributed by atoms with Gasteiger partial charge in [0, 0.05) is 0 Å². The van der Waals surface area contributed by atoms with Crippen molar-refractivity contribution in [2.45, 2.75) is 59.3 Å². The Hall–Kier alpha value is -1.96. The molecule has 2 rings (SSSR count). The zero-order chi connectivity index (χ0) is 17.7. The number of aryl methyl sites for hydroxylation is 2. The summed E-state index contributed by atoms with van der Waals surface area (Å²) in [7, 11) is 1.72. The van der Waals surface area contributed by atoms with Gasteiger partial charge in [0.2, 0.25) is 0 Å². The first-order chi connectivity index (χ1) is 11.5. The van der Waals surface area contributed by atoms with E-state index in [2.05, 4.69) is 45.9 Å². The Balaban J connectivity index is 2.37. The highest BCUT2D eigenvalue weighted by Gasteiger charge is 2.16. The third-order valence-electron chi connectivity index (χ3n) is 4.90. The Morgan fingerprint density at radius 1 is 1.08 bits per heavy atom. The van der Waals surface area contributed by atoms with Crippen molar-refractivity contribution in [1.82, 2.24) is 0 Å². The molecule has 0 aliphatic heterocycles. The van der Waals surface area contributed by atoms with Crippen LogP contribution in [0.4, 0.5) is 0 Å². The average molecular weight is 326 g/mol. The summed E-state index contributed by atoms with van der Waals surface area (Å²) in [5.41, 5.74) is 6.42. The number of rotatable bonds is 7. The Bertz CT molecular complexity index is 689. The summed E-state index contributed by atoms with van der Waals surface area (Å²) in [6.07, 6.45) is 4.00. The van der Waals surface area contributed by atoms with Crippen LogP contribution < -0.4 is 4.74 Å². The van der Waals surface area contributed by atoms with Gasteiger partial charge >= 0.3 is 0 Å². The van der Waals surface area contributed by atoms with Crippen LogP contribution in [0.1, 0.15) is 60.9 Å². The molecule has 1 unspecified atom stereocenters. The maximum absolute atomic E-state index is 10.2. The molecule has 0 amide bonds. The molecule has 1 atom stereocenters. The van der Waals surface area contributed by atoms with Crippen molar-refractivity contribution in [2.75, 3.05) is 7.11 Å². The first-order valence-electron chi connectivity index (χ1n) is 8.98. The second-order valence-electron chi connectivity index (χ2n) is 6.63. The molecule has 130 valence electrons. The molecular weight excluding hydrogens is 296 g/mol. The first kappa shape index (κ1) is 18.4. The molecule has 1 N–H and O–H groups in total. The number of methoxy groups -OCH3 is 1. The van der Waals surface area contributed by atoms with Gasteiger partial charge in [0.05, 0.1) is 7.11 Å². The molecule has 0 bridgehead atoms. The number of hydrogen-bond donors (Lipinski definition) is 1. The van der Waals surface area contributed by atoms with Gasteiger partial charge in [-0.05, 0) is 78.1 Å². The Labute approximate surface area is 146 Å². The third kappa shape index (κ3) is 3.92. The van der Waals surface area contributed by atoms with E-state index < -0.39 is 0 Å². The van der Waals surface area contributed by atoms with Gasteiger partial charge in [0.25, 0.3) is 0 Å². The third-order valence-corrected chi connectivity index (χ3v) is 4.90. The summed E-state index contributed by atoms with van der Waals surface area (Å²) >= 11 is 0. The topological polar surface area (TPSA) is 29.5 Å². The van der Waals surface area contributed by atoms with Gasteiger partial charge < -0.3 is 9.84 Å². The number of benzene rings is 2. The van der Waals surface area contributed by atoms with Crippen LogP contribution in [-0.4, -0.2) is 12.2 Å². The standard InChI is InChI=1S/C22H30O2/c1-6-8-17-14-18(24-5)10-11-20(17)16(4)13-21-15(3)9-12-22(23)19(21)7-2/h9-12,14,16,23H,6-8,13H2,1-5H3. The minimum absolute atomic E-state index is 0.406. The smallest absolute Gasteiger partial charge is 0.119 e. The average Bonchev–Trinajstić information content (AvgIpc) is 2.58. The van der Waals surface area contributed by atoms with Crippen LogP contribution in [0.5, 0.6) is 11.5 Å². The predicted octanol–water partition coefficient (Wildman–Crippen LogP) is 5.57. The van der Waals surface area contributed by atoms with Crippen LogP contribution in [0.3, 0.4) is 0 Å². The molecule has 0 aliphatic carbocycles. The second kappa shape index (κ2) is 8.23. The van der Waals surface area contributed by atoms with Gasteiger partial charge in [-0.25, -0.2) is 0 Å². The van der Waals surface area contributed by atoms with Crippen LogP contribution in [-0.2, 0) is 19.3 Å². The van der Waals surface area contributed by atoms with Gasteiger partial charge in [-0.3, -0.25) is 0 Å². The summed E-state index contributed by atoms with van der Waals surface area (Å²) in [4.78, 5) is 0. The lowest BCUT2D eigenvalue weighted by atomic mass is 9.85. The van der Waals surface area contributed by atoms with E-state index in [0.717, 1.165) is 37.0 Å². The summed E-state index contributed by atoms with van der Waals surface area (Å²) in [5, 5.41) is 10.2. The highest BCUT2D eigenvalue weighted by Crippen LogP contribution is 2.32. The second-order valence-corrected chi connectivity index (χ2v) is 6.63. The summed E-state index contributed by atoms with van der Waals surface area (Å²) in [6.45, 7) is 8.74. The van der Waals surface area contributed by atoms with E-state index in [1.165, 1.54) is 22.3 Å². The van der Waals surface area contributed by atoms with Crippen LogP contribution in [0.15, 0.2) is 30.3 Å². The molecule has 2 nitrogen and oxygen atoms in total. The van der Waals surface area contributed by atoms with E-state index >= 15 is 0 Å². The fourth-order valence-electron chi connectivity index (χ4n) is 3.57. The van der Waals surface area contributed by atoms with Crippen LogP contribution >= 0.6 is 0 Å². The lowest BCUT2D eigenvalue weighted by Crippen LogP contribution is -2.07. The number of ether oxygens (including phenoxy) is 1. The molecule has 2 heteroatoms. The van der Waals surface area contributed by atoms with Gasteiger partial charge in [-0.15, -0.1) is 0 Å². The van der Waals surface area contributed by atoms with Gasteiger partial charge in [0.15, 0.2) is 0 Å². The van der Waals surface area contributed by atoms with E-state index in [1.807, 2.05) is 12.1 Å². The highest BCUT2D eigenvalue weighted by molar-refractivity contribution is 5.46. The molecule has 2 aromatic rings. The van der Waals surface area contributed by atoms with E-state index in [4.69, 9.17) is 4.74 Å². The molecule has 0 spiro atoms. The van der Waals surface area contributed by atoms with Crippen LogP contribution in [0, 0.1) is 6.92 Å². The Kier molecular flexibility index (Phi) is 6.30. The van der Waals surface area contributed by atoms with Crippen molar-refractivity contribution in [3.63, 3.8) is 0 Å². The number of phenols is 1. The lowest BCUT2D eigenvalue weighted by Gasteiger charge is -2.21. The predicted molar refractivity (Wildman–Crippen MR) is 101 cm³/mol. The van der Waals surface area contributed by atoms with E-state index in [-0.39, 0.29) is 0 Å². The highest BCUT2D eigenvalue weighted by atomic mass is 16.5. The number of hydrogen-bond acceptors (Lipinski definition) is 2. The minimum Gasteiger partial charge on any atom is -0.508 e. The van der Waals surface area contributed by atoms with Crippen molar-refractivity contribution >= 4 is 0 Å². The zero-order valence-corrected chi connectivity index (χ0v) is 15.6. The fourth-order valence-corrected chi connectivity index (χ4v) is 3.57. The van der Waals surface area contributed by atoms with Crippen molar-refractivity contribution in [3.05, 3.63) is 58.1 Å². The monoisotopic (exact) mass is 326 g/mol. The molecule has 0 heterocycles. The maximum Gasteiger partial charge on any atom is 0.119 e. The van der Waals surface area contributed by atoms with Gasteiger partial charge in [-0.1, -0.05) is 39.3 Å². The molecule has 0 saturated heterocycles. The normalized spacial score (nSPS) is 12.2. The zero-order valence-electron chi connectivity index (χ0n) is 15.6. The number of phenolic OH excluding ortho intramolecular Hbond substituents is 1. The number of aromatic hydroxyl groups is 1. The van der Waals surface area contributed by atoms with Crippen molar-refractivity contribution < 1.29 is 9.84 Å². The van der Waals surface area contributed by atoms with E-state index in [0.29, 0.717) is 11.7 Å². The van der Waals surface area contributed by atoms with Gasteiger partial charge in [-0.2, -0.15) is 0 Å².